The Kier molecular flexibility index (Phi) is 66.1. The van der Waals surface area contributed by atoms with Gasteiger partial charge in [-0.1, -0.05) is 240 Å². The van der Waals surface area contributed by atoms with E-state index in [4.69, 9.17) is 37.0 Å². The molecule has 0 aliphatic heterocycles. The van der Waals surface area contributed by atoms with Gasteiger partial charge in [0.15, 0.2) is 12.2 Å². The average molecular weight is 1390 g/mol. The molecule has 3 N–H and O–H groups in total. The lowest BCUT2D eigenvalue weighted by Crippen LogP contribution is -2.30. The van der Waals surface area contributed by atoms with Crippen LogP contribution in [-0.4, -0.2) is 96.7 Å². The Morgan fingerprint density at radius 3 is 0.927 bits per heavy atom. The molecule has 0 aliphatic carbocycles. The monoisotopic (exact) mass is 1390 g/mol. The molecule has 0 aromatic rings. The number of rotatable bonds is 69. The summed E-state index contributed by atoms with van der Waals surface area (Å²) in [6.07, 6.45) is 72.4. The van der Waals surface area contributed by atoms with E-state index in [0.29, 0.717) is 32.1 Å². The molecule has 0 saturated heterocycles. The number of carbonyl (C=O) groups excluding carboxylic acids is 4. The second-order valence-electron chi connectivity index (χ2n) is 24.5. The molecule has 0 aromatic carbocycles. The van der Waals surface area contributed by atoms with Gasteiger partial charge in [-0.25, -0.2) is 9.13 Å². The summed E-state index contributed by atoms with van der Waals surface area (Å²) in [4.78, 5) is 72.7. The summed E-state index contributed by atoms with van der Waals surface area (Å²) in [5, 5.41) is 10.6. The topological polar surface area (TPSA) is 237 Å². The van der Waals surface area contributed by atoms with Crippen molar-refractivity contribution in [3.05, 3.63) is 109 Å². The molecule has 17 nitrogen and oxygen atoms in total. The number of esters is 4. The van der Waals surface area contributed by atoms with Gasteiger partial charge in [-0.05, 0) is 141 Å². The lowest BCUT2D eigenvalue weighted by Gasteiger charge is -2.21. The third kappa shape index (κ3) is 68.3. The van der Waals surface area contributed by atoms with Crippen molar-refractivity contribution in [1.82, 2.24) is 0 Å². The Morgan fingerprint density at radius 2 is 0.573 bits per heavy atom. The summed E-state index contributed by atoms with van der Waals surface area (Å²) in [7, 11) is -9.97. The summed E-state index contributed by atoms with van der Waals surface area (Å²) in [5.74, 6) is -2.27. The zero-order chi connectivity index (χ0) is 70.4. The third-order valence-corrected chi connectivity index (χ3v) is 17.1. The first-order chi connectivity index (χ1) is 46.7. The van der Waals surface area contributed by atoms with Crippen LogP contribution in [0.3, 0.4) is 0 Å². The van der Waals surface area contributed by atoms with E-state index in [1.807, 2.05) is 12.2 Å². The minimum absolute atomic E-state index is 0.0712. The number of allylic oxidation sites excluding steroid dienone is 18. The molecule has 0 bridgehead atoms. The predicted molar refractivity (Wildman–Crippen MR) is 390 cm³/mol. The number of carbonyl (C=O) groups is 4. The lowest BCUT2D eigenvalue weighted by molar-refractivity contribution is -0.161. The Bertz CT molecular complexity index is 2250. The second kappa shape index (κ2) is 69.2. The van der Waals surface area contributed by atoms with Crippen molar-refractivity contribution in [3.63, 3.8) is 0 Å². The first-order valence-corrected chi connectivity index (χ1v) is 40.1. The smallest absolute Gasteiger partial charge is 0.462 e. The maximum Gasteiger partial charge on any atom is 0.472 e. The fraction of sp³-hybridized carbons (Fsp3) is 0.714. The number of ether oxygens (including phenoxy) is 4. The molecule has 96 heavy (non-hydrogen) atoms. The standard InChI is InChI=1S/C77H132O17P2/c1-5-9-13-17-21-25-29-33-34-35-36-40-42-46-50-54-58-62-75(80)88-68-73(94-77(82)64-60-56-52-48-44-39-32-28-24-20-16-12-8-4)70-92-96(85,86)90-66-71(78)65-89-95(83,84)91-69-72(93-76(81)63-59-55-51-47-43-38-31-27-23-19-15-11-7-3)67-87-74(79)61-57-53-49-45-41-37-30-26-22-18-14-10-6-2/h9,13-14,18,21,25-28,30-34,36,40,46,50,71-73,78H,5-8,10-12,15-17,19-20,22-24,29,35,37-39,41-45,47-49,51-70H2,1-4H3,(H,83,84)(H,85,86)/b13-9-,18-14-,25-21-,30-26-,31-27-,32-28-,34-33-,40-36-,50-46-. The molecule has 0 radical (unpaired) electrons. The number of phosphoric ester groups is 2. The first kappa shape index (κ1) is 91.7. The number of phosphoric acid groups is 2. The molecule has 552 valence electrons. The molecule has 0 saturated carbocycles. The second-order valence-corrected chi connectivity index (χ2v) is 27.4. The van der Waals surface area contributed by atoms with E-state index in [1.54, 1.807) is 0 Å². The van der Waals surface area contributed by atoms with Gasteiger partial charge >= 0.3 is 39.5 Å². The summed E-state index contributed by atoms with van der Waals surface area (Å²) in [6, 6.07) is 0. The Hall–Kier alpha value is -4.28. The zero-order valence-electron chi connectivity index (χ0n) is 60.0. The molecule has 0 fully saturated rings. The number of hydrogen-bond donors (Lipinski definition) is 3. The van der Waals surface area contributed by atoms with Crippen LogP contribution in [0.5, 0.6) is 0 Å². The van der Waals surface area contributed by atoms with Gasteiger partial charge in [0.05, 0.1) is 26.4 Å². The maximum atomic E-state index is 13.1. The first-order valence-electron chi connectivity index (χ1n) is 37.1. The highest BCUT2D eigenvalue weighted by Gasteiger charge is 2.30. The molecule has 0 amide bonds. The zero-order valence-corrected chi connectivity index (χ0v) is 61.8. The van der Waals surface area contributed by atoms with E-state index in [-0.39, 0.29) is 25.7 Å². The molecule has 0 aliphatic rings. The molecule has 19 heteroatoms. The van der Waals surface area contributed by atoms with Gasteiger partial charge in [0.1, 0.15) is 19.3 Å². The van der Waals surface area contributed by atoms with E-state index >= 15 is 0 Å². The van der Waals surface area contributed by atoms with Gasteiger partial charge in [0.2, 0.25) is 0 Å². The quantitative estimate of drug-likeness (QED) is 0.0169. The molecular formula is C77H132O17P2. The normalized spacial score (nSPS) is 14.6. The van der Waals surface area contributed by atoms with Crippen LogP contribution in [0.15, 0.2) is 109 Å². The van der Waals surface area contributed by atoms with Crippen molar-refractivity contribution in [2.24, 2.45) is 0 Å². The van der Waals surface area contributed by atoms with E-state index in [1.165, 1.54) is 51.4 Å². The van der Waals surface area contributed by atoms with Crippen molar-refractivity contribution in [1.29, 1.82) is 0 Å². The fourth-order valence-corrected chi connectivity index (χ4v) is 11.1. The van der Waals surface area contributed by atoms with Crippen LogP contribution < -0.4 is 0 Å². The van der Waals surface area contributed by atoms with Gasteiger partial charge in [0, 0.05) is 25.7 Å². The third-order valence-electron chi connectivity index (χ3n) is 15.2. The van der Waals surface area contributed by atoms with E-state index in [0.717, 1.165) is 161 Å². The molecule has 0 spiro atoms. The number of hydrogen-bond acceptors (Lipinski definition) is 15. The average Bonchev–Trinajstić information content (AvgIpc) is 3.12. The van der Waals surface area contributed by atoms with E-state index in [9.17, 15) is 43.2 Å². The molecule has 0 aromatic heterocycles. The largest absolute Gasteiger partial charge is 0.472 e. The van der Waals surface area contributed by atoms with Gasteiger partial charge in [0.25, 0.3) is 0 Å². The van der Waals surface area contributed by atoms with Crippen LogP contribution >= 0.6 is 15.6 Å². The molecule has 0 rings (SSSR count). The highest BCUT2D eigenvalue weighted by molar-refractivity contribution is 7.47. The minimum Gasteiger partial charge on any atom is -0.462 e. The summed E-state index contributed by atoms with van der Waals surface area (Å²) < 4.78 is 68.3. The fourth-order valence-electron chi connectivity index (χ4n) is 9.52. The van der Waals surface area contributed by atoms with Gasteiger partial charge in [-0.2, -0.15) is 0 Å². The predicted octanol–water partition coefficient (Wildman–Crippen LogP) is 21.0. The van der Waals surface area contributed by atoms with Gasteiger partial charge in [-0.15, -0.1) is 0 Å². The number of unbranched alkanes of at least 4 members (excludes halogenated alkanes) is 25. The van der Waals surface area contributed by atoms with Crippen LogP contribution in [0.1, 0.15) is 297 Å². The van der Waals surface area contributed by atoms with E-state index < -0.39 is 97.5 Å². The Balaban J connectivity index is 5.40. The minimum atomic E-state index is -4.99. The van der Waals surface area contributed by atoms with Crippen LogP contribution in [0, 0.1) is 0 Å². The van der Waals surface area contributed by atoms with Crippen molar-refractivity contribution in [3.8, 4) is 0 Å². The Morgan fingerprint density at radius 1 is 0.302 bits per heavy atom. The van der Waals surface area contributed by atoms with Crippen LogP contribution in [-0.2, 0) is 65.4 Å². The van der Waals surface area contributed by atoms with Gasteiger partial charge < -0.3 is 33.8 Å². The van der Waals surface area contributed by atoms with Crippen molar-refractivity contribution >= 4 is 39.5 Å². The van der Waals surface area contributed by atoms with Gasteiger partial charge in [-0.3, -0.25) is 37.3 Å². The molecule has 5 atom stereocenters. The summed E-state index contributed by atoms with van der Waals surface area (Å²) >= 11 is 0. The lowest BCUT2D eigenvalue weighted by atomic mass is 10.1. The van der Waals surface area contributed by atoms with Crippen LogP contribution in [0.25, 0.3) is 0 Å². The molecule has 0 heterocycles. The van der Waals surface area contributed by atoms with E-state index in [2.05, 4.69) is 125 Å². The maximum absolute atomic E-state index is 13.1. The number of aliphatic hydroxyl groups excluding tert-OH is 1. The summed E-state index contributed by atoms with van der Waals surface area (Å²) in [5.41, 5.74) is 0. The van der Waals surface area contributed by atoms with Crippen LogP contribution in [0.4, 0.5) is 0 Å². The van der Waals surface area contributed by atoms with Crippen molar-refractivity contribution < 1.29 is 80.2 Å². The van der Waals surface area contributed by atoms with Crippen LogP contribution in [0.2, 0.25) is 0 Å². The molecule has 5 unspecified atom stereocenters. The summed E-state index contributed by atoms with van der Waals surface area (Å²) in [6.45, 7) is 4.56. The highest BCUT2D eigenvalue weighted by Crippen LogP contribution is 2.45. The SMILES string of the molecule is CC/C=C\C/C=C\C/C=C\C/C=C\C/C=C\CCCC(=O)OCC(COP(=O)(O)OCC(O)COP(=O)(O)OCC(COC(=O)CCCCCCC/C=C\C/C=C\CCC)OC(=O)CCCCCCC/C=C\CCCCCC)OC(=O)CCCCCCC/C=C\CCCCCC. The Labute approximate surface area is 581 Å². The van der Waals surface area contributed by atoms with Crippen molar-refractivity contribution in [2.75, 3.05) is 39.6 Å². The highest BCUT2D eigenvalue weighted by atomic mass is 31.2. The number of aliphatic hydroxyl groups is 1. The van der Waals surface area contributed by atoms with Crippen molar-refractivity contribution in [2.45, 2.75) is 316 Å². The molecular weight excluding hydrogens is 1260 g/mol.